The topological polar surface area (TPSA) is 15.3 Å². The molecule has 1 aliphatic heterocycles. The molecule has 2 rings (SSSR count). The van der Waals surface area contributed by atoms with E-state index in [1.165, 1.54) is 0 Å². The van der Waals surface area contributed by atoms with Crippen LogP contribution in [0.5, 0.6) is 0 Å². The van der Waals surface area contributed by atoms with E-state index in [0.29, 0.717) is 11.5 Å². The minimum atomic E-state index is -1.39. The highest BCUT2D eigenvalue weighted by Crippen LogP contribution is 2.30. The molecule has 0 saturated carbocycles. The smallest absolute Gasteiger partial charge is 0.194 e. The predicted molar refractivity (Wildman–Crippen MR) is 87.5 cm³/mol. The van der Waals surface area contributed by atoms with E-state index in [9.17, 15) is 13.2 Å². The van der Waals surface area contributed by atoms with Crippen LogP contribution in [-0.4, -0.2) is 31.1 Å². The largest absolute Gasteiger partial charge is 0.314 e. The van der Waals surface area contributed by atoms with E-state index in [4.69, 9.17) is 0 Å². The first-order valence-electron chi connectivity index (χ1n) is 7.08. The standard InChI is InChI=1S/C15H21F3N2.2ClH/c1-10(2)7-14(20-5-3-19-4-6-20)11-8-12(16)15(18)13(17)9-11;;/h8-10,14,19H,3-7H2,1-2H3;2*1H/t14-;;/m1../s1. The van der Waals surface area contributed by atoms with Gasteiger partial charge in [-0.15, -0.1) is 24.8 Å². The molecule has 0 unspecified atom stereocenters. The number of hydrogen-bond acceptors (Lipinski definition) is 2. The summed E-state index contributed by atoms with van der Waals surface area (Å²) in [5, 5.41) is 3.26. The van der Waals surface area contributed by atoms with Crippen molar-refractivity contribution in [3.05, 3.63) is 35.1 Å². The minimum Gasteiger partial charge on any atom is -0.314 e. The second-order valence-electron chi connectivity index (χ2n) is 5.73. The van der Waals surface area contributed by atoms with E-state index >= 15 is 0 Å². The van der Waals surface area contributed by atoms with Crippen LogP contribution >= 0.6 is 24.8 Å². The molecule has 1 atom stereocenters. The molecule has 1 fully saturated rings. The zero-order chi connectivity index (χ0) is 14.7. The maximum Gasteiger partial charge on any atom is 0.194 e. The fourth-order valence-electron chi connectivity index (χ4n) is 2.70. The lowest BCUT2D eigenvalue weighted by molar-refractivity contribution is 0.153. The summed E-state index contributed by atoms with van der Waals surface area (Å²) in [5.41, 5.74) is 0.525. The number of halogens is 5. The van der Waals surface area contributed by atoms with E-state index < -0.39 is 17.5 Å². The molecule has 22 heavy (non-hydrogen) atoms. The summed E-state index contributed by atoms with van der Waals surface area (Å²) in [6, 6.07) is 2.20. The molecule has 1 heterocycles. The van der Waals surface area contributed by atoms with E-state index in [-0.39, 0.29) is 30.9 Å². The molecular weight excluding hydrogens is 336 g/mol. The highest BCUT2D eigenvalue weighted by atomic mass is 35.5. The van der Waals surface area contributed by atoms with Gasteiger partial charge in [0.15, 0.2) is 17.5 Å². The molecule has 0 amide bonds. The van der Waals surface area contributed by atoms with Gasteiger partial charge in [-0.3, -0.25) is 4.90 Å². The van der Waals surface area contributed by atoms with Gasteiger partial charge in [0.1, 0.15) is 0 Å². The Morgan fingerprint density at radius 2 is 1.55 bits per heavy atom. The van der Waals surface area contributed by atoms with Crippen molar-refractivity contribution in [3.63, 3.8) is 0 Å². The summed E-state index contributed by atoms with van der Waals surface area (Å²) in [4.78, 5) is 2.21. The van der Waals surface area contributed by atoms with E-state index in [1.807, 2.05) is 0 Å². The Bertz CT molecular complexity index is 443. The van der Waals surface area contributed by atoms with E-state index in [0.717, 1.165) is 44.7 Å². The number of piperazine rings is 1. The molecule has 2 nitrogen and oxygen atoms in total. The molecule has 0 bridgehead atoms. The van der Waals surface area contributed by atoms with Gasteiger partial charge in [-0.25, -0.2) is 13.2 Å². The number of rotatable bonds is 4. The van der Waals surface area contributed by atoms with Gasteiger partial charge in [0.2, 0.25) is 0 Å². The Hall–Kier alpha value is -0.490. The molecule has 0 radical (unpaired) electrons. The lowest BCUT2D eigenvalue weighted by Gasteiger charge is -2.36. The lowest BCUT2D eigenvalue weighted by Crippen LogP contribution is -2.45. The second kappa shape index (κ2) is 9.60. The molecule has 0 spiro atoms. The van der Waals surface area contributed by atoms with Crippen LogP contribution in [0, 0.1) is 23.4 Å². The van der Waals surface area contributed by atoms with Crippen molar-refractivity contribution < 1.29 is 13.2 Å². The summed E-state index contributed by atoms with van der Waals surface area (Å²) < 4.78 is 40.0. The summed E-state index contributed by atoms with van der Waals surface area (Å²) in [6.07, 6.45) is 0.796. The summed E-state index contributed by atoms with van der Waals surface area (Å²) in [7, 11) is 0. The molecule has 7 heteroatoms. The number of hydrogen-bond donors (Lipinski definition) is 1. The van der Waals surface area contributed by atoms with E-state index in [2.05, 4.69) is 24.1 Å². The quantitative estimate of drug-likeness (QED) is 0.820. The highest BCUT2D eigenvalue weighted by Gasteiger charge is 2.25. The number of nitrogens with one attached hydrogen (secondary N) is 1. The van der Waals surface area contributed by atoms with Gasteiger partial charge in [-0.1, -0.05) is 13.8 Å². The van der Waals surface area contributed by atoms with Crippen molar-refractivity contribution in [2.24, 2.45) is 5.92 Å². The first-order valence-corrected chi connectivity index (χ1v) is 7.08. The highest BCUT2D eigenvalue weighted by molar-refractivity contribution is 5.85. The molecule has 1 aromatic carbocycles. The second-order valence-corrected chi connectivity index (χ2v) is 5.73. The fraction of sp³-hybridized carbons (Fsp3) is 0.600. The van der Waals surface area contributed by atoms with Gasteiger partial charge in [0.25, 0.3) is 0 Å². The first-order chi connectivity index (χ1) is 9.49. The average molecular weight is 359 g/mol. The van der Waals surface area contributed by atoms with Crippen LogP contribution in [-0.2, 0) is 0 Å². The van der Waals surface area contributed by atoms with Crippen LogP contribution in [0.15, 0.2) is 12.1 Å². The SMILES string of the molecule is CC(C)C[C@H](c1cc(F)c(F)c(F)c1)N1CCNCC1.Cl.Cl. The van der Waals surface area contributed by atoms with E-state index in [1.54, 1.807) is 0 Å². The van der Waals surface area contributed by atoms with Crippen LogP contribution in [0.3, 0.4) is 0 Å². The van der Waals surface area contributed by atoms with Gasteiger partial charge in [0.05, 0.1) is 0 Å². The van der Waals surface area contributed by atoms with Gasteiger partial charge < -0.3 is 5.32 Å². The third-order valence-corrected chi connectivity index (χ3v) is 3.68. The van der Waals surface area contributed by atoms with Gasteiger partial charge in [0, 0.05) is 32.2 Å². The molecule has 1 aliphatic rings. The van der Waals surface area contributed by atoms with Crippen molar-refractivity contribution >= 4 is 24.8 Å². The van der Waals surface area contributed by atoms with Crippen molar-refractivity contribution in [3.8, 4) is 0 Å². The van der Waals surface area contributed by atoms with Gasteiger partial charge in [-0.2, -0.15) is 0 Å². The Morgan fingerprint density at radius 3 is 2.00 bits per heavy atom. The number of nitrogens with zero attached hydrogens (tertiary/aromatic N) is 1. The molecule has 0 aliphatic carbocycles. The normalized spacial score (nSPS) is 16.8. The van der Waals surface area contributed by atoms with Crippen molar-refractivity contribution in [1.82, 2.24) is 10.2 Å². The zero-order valence-electron chi connectivity index (χ0n) is 12.7. The molecule has 1 aromatic rings. The third kappa shape index (κ3) is 5.30. The van der Waals surface area contributed by atoms with Crippen LogP contribution in [0.25, 0.3) is 0 Å². The fourth-order valence-corrected chi connectivity index (χ4v) is 2.70. The minimum absolute atomic E-state index is 0. The number of benzene rings is 1. The van der Waals surface area contributed by atoms with Gasteiger partial charge >= 0.3 is 0 Å². The zero-order valence-corrected chi connectivity index (χ0v) is 14.4. The van der Waals surface area contributed by atoms with Crippen LogP contribution in [0.2, 0.25) is 0 Å². The molecule has 128 valence electrons. The van der Waals surface area contributed by atoms with Gasteiger partial charge in [-0.05, 0) is 30.0 Å². The molecular formula is C15H23Cl2F3N2. The first kappa shape index (κ1) is 21.5. The predicted octanol–water partition coefficient (Wildman–Crippen LogP) is 3.94. The van der Waals surface area contributed by atoms with Crippen LogP contribution in [0.1, 0.15) is 31.9 Å². The Kier molecular flexibility index (Phi) is 9.39. The van der Waals surface area contributed by atoms with Crippen molar-refractivity contribution in [2.75, 3.05) is 26.2 Å². The molecule has 0 aromatic heterocycles. The maximum atomic E-state index is 13.5. The molecule has 1 N–H and O–H groups in total. The summed E-state index contributed by atoms with van der Waals surface area (Å²) in [6.45, 7) is 7.54. The van der Waals surface area contributed by atoms with Crippen molar-refractivity contribution in [1.29, 1.82) is 0 Å². The average Bonchev–Trinajstić information content (AvgIpc) is 2.42. The Labute approximate surface area is 142 Å². The third-order valence-electron chi connectivity index (χ3n) is 3.68. The Morgan fingerprint density at radius 1 is 1.05 bits per heavy atom. The molecule has 1 saturated heterocycles. The Balaban J connectivity index is 0.00000220. The lowest BCUT2D eigenvalue weighted by atomic mass is 9.94. The van der Waals surface area contributed by atoms with Crippen molar-refractivity contribution in [2.45, 2.75) is 26.3 Å². The maximum absolute atomic E-state index is 13.5. The summed E-state index contributed by atoms with van der Waals surface area (Å²) >= 11 is 0. The monoisotopic (exact) mass is 358 g/mol. The van der Waals surface area contributed by atoms with Crippen LogP contribution in [0.4, 0.5) is 13.2 Å². The summed E-state index contributed by atoms with van der Waals surface area (Å²) in [5.74, 6) is -3.21. The van der Waals surface area contributed by atoms with Crippen LogP contribution < -0.4 is 5.32 Å².